The Morgan fingerprint density at radius 2 is 2.06 bits per heavy atom. The summed E-state index contributed by atoms with van der Waals surface area (Å²) < 4.78 is 12.4. The summed E-state index contributed by atoms with van der Waals surface area (Å²) in [5.74, 6) is -0.227. The summed E-state index contributed by atoms with van der Waals surface area (Å²) in [4.78, 5) is 30.0. The Kier molecular flexibility index (Phi) is 7.97. The molecule has 2 heterocycles. The second-order valence-electron chi connectivity index (χ2n) is 6.60. The monoisotopic (exact) mass is 452 g/mol. The summed E-state index contributed by atoms with van der Waals surface area (Å²) in [5, 5.41) is 12.7. The number of rotatable bonds is 9. The van der Waals surface area contributed by atoms with E-state index in [-0.39, 0.29) is 17.0 Å². The molecule has 0 aliphatic carbocycles. The van der Waals surface area contributed by atoms with Gasteiger partial charge in [-0.3, -0.25) is 14.0 Å². The van der Waals surface area contributed by atoms with Gasteiger partial charge in [0.25, 0.3) is 11.5 Å². The minimum absolute atomic E-state index is 0.0235. The second-order valence-corrected chi connectivity index (χ2v) is 7.03. The van der Waals surface area contributed by atoms with Gasteiger partial charge in [-0.25, -0.2) is 0 Å². The van der Waals surface area contributed by atoms with Crippen LogP contribution in [0.1, 0.15) is 18.9 Å². The Bertz CT molecular complexity index is 1230. The molecule has 3 aromatic rings. The van der Waals surface area contributed by atoms with E-state index in [1.54, 1.807) is 48.7 Å². The van der Waals surface area contributed by atoms with Crippen LogP contribution in [0.15, 0.2) is 59.0 Å². The number of nitrogens with zero attached hydrogens (tertiary/aromatic N) is 3. The molecule has 164 valence electrons. The number of carbonyl (C=O) groups excluding carboxylic acids is 1. The van der Waals surface area contributed by atoms with Crippen LogP contribution in [0.2, 0.25) is 5.02 Å². The van der Waals surface area contributed by atoms with Gasteiger partial charge in [-0.2, -0.15) is 10.2 Å². The maximum atomic E-state index is 13.1. The maximum absolute atomic E-state index is 13.1. The van der Waals surface area contributed by atoms with Gasteiger partial charge in [-0.1, -0.05) is 17.7 Å². The number of nitrogens with one attached hydrogen (secondary N) is 1. The Labute approximate surface area is 189 Å². The Morgan fingerprint density at radius 1 is 1.28 bits per heavy atom. The van der Waals surface area contributed by atoms with Crippen molar-refractivity contribution in [3.63, 3.8) is 0 Å². The van der Waals surface area contributed by atoms with Gasteiger partial charge < -0.3 is 14.8 Å². The number of aromatic nitrogens is 2. The number of amides is 1. The molecular weight excluding hydrogens is 432 g/mol. The molecule has 8 nitrogen and oxygen atoms in total. The van der Waals surface area contributed by atoms with Crippen LogP contribution < -0.4 is 15.6 Å². The molecule has 0 aliphatic heterocycles. The molecule has 1 amide bonds. The SMILES string of the molecule is CCOCCCNC(=O)C(C#N)=Cc1c(Oc2ccc(Cl)cc2)nc2ccccn2c1=O. The average Bonchev–Trinajstić information content (AvgIpc) is 2.80. The van der Waals surface area contributed by atoms with Crippen LogP contribution in [-0.2, 0) is 9.53 Å². The van der Waals surface area contributed by atoms with Crippen molar-refractivity contribution in [3.8, 4) is 17.7 Å². The molecule has 0 unspecified atom stereocenters. The molecule has 0 bridgehead atoms. The van der Waals surface area contributed by atoms with Gasteiger partial charge in [-0.15, -0.1) is 0 Å². The van der Waals surface area contributed by atoms with Crippen LogP contribution in [0, 0.1) is 11.3 Å². The van der Waals surface area contributed by atoms with Crippen molar-refractivity contribution in [2.75, 3.05) is 19.8 Å². The highest BCUT2D eigenvalue weighted by molar-refractivity contribution is 6.30. The molecule has 3 rings (SSSR count). The smallest absolute Gasteiger partial charge is 0.269 e. The zero-order valence-electron chi connectivity index (χ0n) is 17.4. The lowest BCUT2D eigenvalue weighted by atomic mass is 10.1. The highest BCUT2D eigenvalue weighted by atomic mass is 35.5. The van der Waals surface area contributed by atoms with Crippen LogP contribution in [0.3, 0.4) is 0 Å². The third kappa shape index (κ3) is 5.72. The Hall–Kier alpha value is -3.67. The van der Waals surface area contributed by atoms with Gasteiger partial charge in [0.2, 0.25) is 5.88 Å². The molecule has 32 heavy (non-hydrogen) atoms. The first-order chi connectivity index (χ1) is 15.5. The number of halogens is 1. The third-order valence-electron chi connectivity index (χ3n) is 4.37. The largest absolute Gasteiger partial charge is 0.438 e. The van der Waals surface area contributed by atoms with E-state index in [1.807, 2.05) is 13.0 Å². The molecule has 0 aliphatic rings. The number of carbonyl (C=O) groups is 1. The van der Waals surface area contributed by atoms with Crippen LogP contribution in [0.4, 0.5) is 0 Å². The summed E-state index contributed by atoms with van der Waals surface area (Å²) in [6.45, 7) is 3.31. The van der Waals surface area contributed by atoms with E-state index in [1.165, 1.54) is 10.5 Å². The number of benzene rings is 1. The quantitative estimate of drug-likeness (QED) is 0.302. The van der Waals surface area contributed by atoms with Gasteiger partial charge in [-0.05, 0) is 55.8 Å². The first kappa shape index (κ1) is 23.0. The van der Waals surface area contributed by atoms with E-state index >= 15 is 0 Å². The summed E-state index contributed by atoms with van der Waals surface area (Å²) in [5.41, 5.74) is -0.379. The lowest BCUT2D eigenvalue weighted by molar-refractivity contribution is -0.117. The molecule has 1 N–H and O–H groups in total. The predicted molar refractivity (Wildman–Crippen MR) is 121 cm³/mol. The maximum Gasteiger partial charge on any atom is 0.269 e. The van der Waals surface area contributed by atoms with Crippen molar-refractivity contribution in [3.05, 3.63) is 75.2 Å². The zero-order chi connectivity index (χ0) is 22.9. The fourth-order valence-corrected chi connectivity index (χ4v) is 2.93. The minimum Gasteiger partial charge on any atom is -0.438 e. The van der Waals surface area contributed by atoms with Crippen molar-refractivity contribution < 1.29 is 14.3 Å². The van der Waals surface area contributed by atoms with Gasteiger partial charge in [0.1, 0.15) is 28.6 Å². The van der Waals surface area contributed by atoms with Gasteiger partial charge in [0.05, 0.1) is 0 Å². The van der Waals surface area contributed by atoms with Crippen molar-refractivity contribution in [1.29, 1.82) is 5.26 Å². The van der Waals surface area contributed by atoms with E-state index in [0.29, 0.717) is 42.6 Å². The van der Waals surface area contributed by atoms with Crippen LogP contribution in [0.25, 0.3) is 11.7 Å². The lowest BCUT2D eigenvalue weighted by Gasteiger charge is -2.10. The highest BCUT2D eigenvalue weighted by Crippen LogP contribution is 2.25. The number of hydrogen-bond donors (Lipinski definition) is 1. The highest BCUT2D eigenvalue weighted by Gasteiger charge is 2.17. The van der Waals surface area contributed by atoms with Crippen molar-refractivity contribution in [2.45, 2.75) is 13.3 Å². The fourth-order valence-electron chi connectivity index (χ4n) is 2.81. The summed E-state index contributed by atoms with van der Waals surface area (Å²) in [6, 6.07) is 13.4. The third-order valence-corrected chi connectivity index (χ3v) is 4.62. The Balaban J connectivity index is 1.98. The molecule has 1 aromatic carbocycles. The molecule has 0 spiro atoms. The predicted octanol–water partition coefficient (Wildman–Crippen LogP) is 3.59. The molecule has 0 radical (unpaired) electrons. The Morgan fingerprint density at radius 3 is 2.78 bits per heavy atom. The molecule has 2 aromatic heterocycles. The minimum atomic E-state index is -0.598. The van der Waals surface area contributed by atoms with E-state index in [4.69, 9.17) is 21.1 Å². The summed E-state index contributed by atoms with van der Waals surface area (Å²) in [6.07, 6.45) is 3.34. The van der Waals surface area contributed by atoms with E-state index in [0.717, 1.165) is 0 Å². The first-order valence-electron chi connectivity index (χ1n) is 9.96. The molecule has 0 saturated heterocycles. The van der Waals surface area contributed by atoms with Crippen LogP contribution in [-0.4, -0.2) is 35.1 Å². The van der Waals surface area contributed by atoms with Crippen LogP contribution >= 0.6 is 11.6 Å². The van der Waals surface area contributed by atoms with Gasteiger partial charge in [0.15, 0.2) is 0 Å². The zero-order valence-corrected chi connectivity index (χ0v) is 18.1. The van der Waals surface area contributed by atoms with Gasteiger partial charge in [0, 0.05) is 31.0 Å². The molecule has 0 saturated carbocycles. The molecular formula is C23H21ClN4O4. The number of fused-ring (bicyclic) bond motifs is 1. The number of pyridine rings is 1. The van der Waals surface area contributed by atoms with Crippen LogP contribution in [0.5, 0.6) is 11.6 Å². The van der Waals surface area contributed by atoms with Crippen molar-refractivity contribution in [2.24, 2.45) is 0 Å². The molecule has 0 fully saturated rings. The molecule has 9 heteroatoms. The van der Waals surface area contributed by atoms with Crippen molar-refractivity contribution in [1.82, 2.24) is 14.7 Å². The first-order valence-corrected chi connectivity index (χ1v) is 10.3. The topological polar surface area (TPSA) is 106 Å². The van der Waals surface area contributed by atoms with Crippen molar-refractivity contribution >= 4 is 29.2 Å². The fraction of sp³-hybridized carbons (Fsp3) is 0.217. The standard InChI is InChI=1S/C23H21ClN4O4/c1-2-31-13-5-11-26-21(29)16(15-25)14-19-22(32-18-9-7-17(24)8-10-18)27-20-6-3-4-12-28(20)23(19)30/h3-4,6-10,12,14H,2,5,11,13H2,1H3,(H,26,29). The normalized spacial score (nSPS) is 11.2. The number of nitriles is 1. The average molecular weight is 453 g/mol. The number of ether oxygens (including phenoxy) is 2. The van der Waals surface area contributed by atoms with Gasteiger partial charge >= 0.3 is 0 Å². The van der Waals surface area contributed by atoms with E-state index in [9.17, 15) is 14.9 Å². The molecule has 0 atom stereocenters. The summed E-state index contributed by atoms with van der Waals surface area (Å²) >= 11 is 5.92. The van der Waals surface area contributed by atoms with E-state index < -0.39 is 11.5 Å². The number of hydrogen-bond acceptors (Lipinski definition) is 6. The lowest BCUT2D eigenvalue weighted by Crippen LogP contribution is -2.27. The summed E-state index contributed by atoms with van der Waals surface area (Å²) in [7, 11) is 0. The second kappa shape index (κ2) is 11.1. The van der Waals surface area contributed by atoms with E-state index in [2.05, 4.69) is 10.3 Å².